The quantitative estimate of drug-likeness (QED) is 0.561. The molecular weight excluding hydrogens is 264 g/mol. The normalized spacial score (nSPS) is 33.1. The number of esters is 1. The molecule has 0 radical (unpaired) electrons. The molecule has 2 aliphatic rings. The second kappa shape index (κ2) is 6.25. The Morgan fingerprint density at radius 3 is 2.67 bits per heavy atom. The average molecular weight is 292 g/mol. The van der Waals surface area contributed by atoms with Gasteiger partial charge in [0, 0.05) is 12.3 Å². The van der Waals surface area contributed by atoms with Crippen LogP contribution in [0.5, 0.6) is 0 Å². The van der Waals surface area contributed by atoms with Gasteiger partial charge in [-0.2, -0.15) is 0 Å². The highest BCUT2D eigenvalue weighted by molar-refractivity contribution is 5.89. The summed E-state index contributed by atoms with van der Waals surface area (Å²) in [7, 11) is 0. The molecule has 0 aromatic rings. The maximum atomic E-state index is 12.5. The fourth-order valence-electron chi connectivity index (χ4n) is 3.73. The standard InChI is InChI=1S/C18H28O3/c1-6-7-8-15-14(5)20-18(21-17(15)19)11-13(4)9-10-16(18)12(2)3/h6,12-13,16H,1,7-11H2,2-5H3/t13-,16+,18-/m1/s1. The highest BCUT2D eigenvalue weighted by Crippen LogP contribution is 2.47. The first-order valence-electron chi connectivity index (χ1n) is 8.12. The first-order valence-corrected chi connectivity index (χ1v) is 8.12. The summed E-state index contributed by atoms with van der Waals surface area (Å²) in [6.07, 6.45) is 6.26. The monoisotopic (exact) mass is 292 g/mol. The van der Waals surface area contributed by atoms with E-state index in [0.29, 0.717) is 23.8 Å². The van der Waals surface area contributed by atoms with Crippen LogP contribution in [0, 0.1) is 17.8 Å². The Bertz CT molecular complexity index is 449. The van der Waals surface area contributed by atoms with Crippen molar-refractivity contribution in [1.82, 2.24) is 0 Å². The van der Waals surface area contributed by atoms with Gasteiger partial charge in [0.1, 0.15) is 5.76 Å². The van der Waals surface area contributed by atoms with Crippen molar-refractivity contribution in [2.45, 2.75) is 65.6 Å². The first kappa shape index (κ1) is 16.1. The molecule has 0 saturated heterocycles. The molecule has 3 heteroatoms. The lowest BCUT2D eigenvalue weighted by atomic mass is 9.72. The van der Waals surface area contributed by atoms with Crippen molar-refractivity contribution in [2.75, 3.05) is 0 Å². The summed E-state index contributed by atoms with van der Waals surface area (Å²) in [5.41, 5.74) is 0.668. The summed E-state index contributed by atoms with van der Waals surface area (Å²) in [4.78, 5) is 12.5. The van der Waals surface area contributed by atoms with Crippen molar-refractivity contribution < 1.29 is 14.3 Å². The summed E-state index contributed by atoms with van der Waals surface area (Å²) in [5.74, 6) is 1.04. The number of rotatable bonds is 4. The zero-order valence-electron chi connectivity index (χ0n) is 13.8. The molecule has 3 nitrogen and oxygen atoms in total. The van der Waals surface area contributed by atoms with Crippen molar-refractivity contribution in [3.8, 4) is 0 Å². The highest BCUT2D eigenvalue weighted by atomic mass is 16.7. The van der Waals surface area contributed by atoms with E-state index in [1.807, 2.05) is 13.0 Å². The molecule has 1 aliphatic carbocycles. The predicted octanol–water partition coefficient (Wildman–Crippen LogP) is 4.59. The Morgan fingerprint density at radius 1 is 1.38 bits per heavy atom. The Labute approximate surface area is 128 Å². The molecule has 1 heterocycles. The Morgan fingerprint density at radius 2 is 2.10 bits per heavy atom. The molecule has 1 fully saturated rings. The van der Waals surface area contributed by atoms with E-state index in [-0.39, 0.29) is 11.9 Å². The van der Waals surface area contributed by atoms with E-state index in [4.69, 9.17) is 9.47 Å². The molecule has 0 aromatic heterocycles. The SMILES string of the molecule is C=CCCC1=C(C)O[C@]2(C[C@H](C)CC[C@H]2C(C)C)OC1=O. The number of carbonyl (C=O) groups excluding carboxylic acids is 1. The number of ether oxygens (including phenoxy) is 2. The van der Waals surface area contributed by atoms with Gasteiger partial charge in [0.15, 0.2) is 0 Å². The third kappa shape index (κ3) is 3.17. The second-order valence-corrected chi connectivity index (χ2v) is 6.90. The summed E-state index contributed by atoms with van der Waals surface area (Å²) < 4.78 is 12.1. The van der Waals surface area contributed by atoms with Crippen molar-refractivity contribution in [2.24, 2.45) is 17.8 Å². The predicted molar refractivity (Wildman–Crippen MR) is 83.4 cm³/mol. The molecule has 2 rings (SSSR count). The summed E-state index contributed by atoms with van der Waals surface area (Å²) in [5, 5.41) is 0. The number of hydrogen-bond acceptors (Lipinski definition) is 3. The van der Waals surface area contributed by atoms with Crippen LogP contribution in [0.15, 0.2) is 24.0 Å². The summed E-state index contributed by atoms with van der Waals surface area (Å²) >= 11 is 0. The van der Waals surface area contributed by atoms with E-state index < -0.39 is 5.79 Å². The zero-order valence-corrected chi connectivity index (χ0v) is 13.8. The molecule has 0 aromatic carbocycles. The van der Waals surface area contributed by atoms with Crippen LogP contribution in [0.1, 0.15) is 59.8 Å². The van der Waals surface area contributed by atoms with Crippen LogP contribution in [0.25, 0.3) is 0 Å². The van der Waals surface area contributed by atoms with Crippen LogP contribution in [-0.4, -0.2) is 11.8 Å². The lowest BCUT2D eigenvalue weighted by molar-refractivity contribution is -0.270. The summed E-state index contributed by atoms with van der Waals surface area (Å²) in [6.45, 7) is 12.2. The van der Waals surface area contributed by atoms with Crippen LogP contribution in [-0.2, 0) is 14.3 Å². The van der Waals surface area contributed by atoms with Crippen molar-refractivity contribution >= 4 is 5.97 Å². The van der Waals surface area contributed by atoms with Crippen LogP contribution in [0.2, 0.25) is 0 Å². The molecule has 0 amide bonds. The van der Waals surface area contributed by atoms with E-state index >= 15 is 0 Å². The van der Waals surface area contributed by atoms with Crippen LogP contribution >= 0.6 is 0 Å². The summed E-state index contributed by atoms with van der Waals surface area (Å²) in [6, 6.07) is 0. The Balaban J connectivity index is 2.29. The molecule has 0 bridgehead atoms. The Kier molecular flexibility index (Phi) is 4.80. The minimum Gasteiger partial charge on any atom is -0.456 e. The topological polar surface area (TPSA) is 35.5 Å². The van der Waals surface area contributed by atoms with Gasteiger partial charge in [0.25, 0.3) is 5.79 Å². The molecule has 1 spiro atoms. The second-order valence-electron chi connectivity index (χ2n) is 6.90. The molecule has 1 saturated carbocycles. The third-order valence-corrected chi connectivity index (χ3v) is 4.83. The molecule has 3 atom stereocenters. The minimum atomic E-state index is -0.745. The minimum absolute atomic E-state index is 0.194. The Hall–Kier alpha value is -1.25. The smallest absolute Gasteiger partial charge is 0.340 e. The van der Waals surface area contributed by atoms with Gasteiger partial charge in [-0.25, -0.2) is 4.79 Å². The molecule has 0 N–H and O–H groups in total. The van der Waals surface area contributed by atoms with Gasteiger partial charge in [-0.1, -0.05) is 26.8 Å². The highest BCUT2D eigenvalue weighted by Gasteiger charge is 2.52. The van der Waals surface area contributed by atoms with E-state index in [2.05, 4.69) is 27.4 Å². The number of carbonyl (C=O) groups is 1. The van der Waals surface area contributed by atoms with Gasteiger partial charge in [0.2, 0.25) is 0 Å². The third-order valence-electron chi connectivity index (χ3n) is 4.83. The van der Waals surface area contributed by atoms with Crippen LogP contribution in [0.3, 0.4) is 0 Å². The van der Waals surface area contributed by atoms with Gasteiger partial charge in [-0.05, 0) is 44.4 Å². The van der Waals surface area contributed by atoms with E-state index in [1.165, 1.54) is 6.42 Å². The molecule has 1 aliphatic heterocycles. The fraction of sp³-hybridized carbons (Fsp3) is 0.722. The maximum absolute atomic E-state index is 12.5. The van der Waals surface area contributed by atoms with Crippen molar-refractivity contribution in [1.29, 1.82) is 0 Å². The van der Waals surface area contributed by atoms with E-state index in [0.717, 1.165) is 25.0 Å². The molecule has 0 unspecified atom stereocenters. The van der Waals surface area contributed by atoms with Crippen LogP contribution < -0.4 is 0 Å². The largest absolute Gasteiger partial charge is 0.456 e. The lowest BCUT2D eigenvalue weighted by Crippen LogP contribution is -2.53. The number of hydrogen-bond donors (Lipinski definition) is 0. The maximum Gasteiger partial charge on any atom is 0.340 e. The molecule has 21 heavy (non-hydrogen) atoms. The fourth-order valence-corrected chi connectivity index (χ4v) is 3.73. The molecule has 118 valence electrons. The lowest BCUT2D eigenvalue weighted by Gasteiger charge is -2.48. The van der Waals surface area contributed by atoms with Crippen molar-refractivity contribution in [3.63, 3.8) is 0 Å². The van der Waals surface area contributed by atoms with Gasteiger partial charge >= 0.3 is 5.97 Å². The average Bonchev–Trinajstić information content (AvgIpc) is 2.37. The van der Waals surface area contributed by atoms with E-state index in [9.17, 15) is 4.79 Å². The van der Waals surface area contributed by atoms with Gasteiger partial charge < -0.3 is 9.47 Å². The molecular formula is C18H28O3. The van der Waals surface area contributed by atoms with Gasteiger partial charge in [-0.3, -0.25) is 0 Å². The van der Waals surface area contributed by atoms with Gasteiger partial charge in [0.05, 0.1) is 5.57 Å². The zero-order chi connectivity index (χ0) is 15.6. The number of allylic oxidation sites excluding steroid dienone is 2. The first-order chi connectivity index (χ1) is 9.89. The van der Waals surface area contributed by atoms with Gasteiger partial charge in [-0.15, -0.1) is 6.58 Å². The van der Waals surface area contributed by atoms with E-state index in [1.54, 1.807) is 0 Å². The van der Waals surface area contributed by atoms with Crippen molar-refractivity contribution in [3.05, 3.63) is 24.0 Å². The van der Waals surface area contributed by atoms with Crippen LogP contribution in [0.4, 0.5) is 0 Å².